The number of hydrogen-bond donors (Lipinski definition) is 1. The molecule has 2 rings (SSSR count). The molecule has 3 nitrogen and oxygen atoms in total. The first-order valence-corrected chi connectivity index (χ1v) is 6.28. The van der Waals surface area contributed by atoms with Crippen LogP contribution < -0.4 is 10.2 Å². The van der Waals surface area contributed by atoms with E-state index in [0.717, 1.165) is 13.2 Å². The van der Waals surface area contributed by atoms with E-state index in [4.69, 9.17) is 4.74 Å². The smallest absolute Gasteiger partial charge is 0.0514 e. The van der Waals surface area contributed by atoms with Gasteiger partial charge in [0, 0.05) is 44.0 Å². The number of ether oxygens (including phenoxy) is 1. The SMILES string of the molecule is CC(Nc1ccc(N(C)C)cc1)C1CCOC1. The summed E-state index contributed by atoms with van der Waals surface area (Å²) < 4.78 is 5.42. The van der Waals surface area contributed by atoms with Crippen molar-refractivity contribution in [3.05, 3.63) is 24.3 Å². The first kappa shape index (κ1) is 12.2. The summed E-state index contributed by atoms with van der Waals surface area (Å²) >= 11 is 0. The van der Waals surface area contributed by atoms with Crippen molar-refractivity contribution in [1.29, 1.82) is 0 Å². The first-order chi connectivity index (χ1) is 8.16. The van der Waals surface area contributed by atoms with Crippen LogP contribution in [0.4, 0.5) is 11.4 Å². The van der Waals surface area contributed by atoms with E-state index in [1.165, 1.54) is 17.8 Å². The highest BCUT2D eigenvalue weighted by molar-refractivity contribution is 5.54. The fourth-order valence-corrected chi connectivity index (χ4v) is 2.18. The van der Waals surface area contributed by atoms with Gasteiger partial charge < -0.3 is 15.0 Å². The molecule has 2 atom stereocenters. The molecule has 0 aromatic heterocycles. The summed E-state index contributed by atoms with van der Waals surface area (Å²) in [7, 11) is 4.11. The molecule has 2 unspecified atom stereocenters. The van der Waals surface area contributed by atoms with Gasteiger partial charge in [-0.1, -0.05) is 0 Å². The van der Waals surface area contributed by atoms with Crippen molar-refractivity contribution in [2.45, 2.75) is 19.4 Å². The molecule has 1 saturated heterocycles. The largest absolute Gasteiger partial charge is 0.382 e. The van der Waals surface area contributed by atoms with Crippen LogP contribution in [0.5, 0.6) is 0 Å². The standard InChI is InChI=1S/C14H22N2O/c1-11(12-8-9-17-10-12)15-13-4-6-14(7-5-13)16(2)3/h4-7,11-12,15H,8-10H2,1-3H3. The summed E-state index contributed by atoms with van der Waals surface area (Å²) in [5.41, 5.74) is 2.42. The van der Waals surface area contributed by atoms with Crippen molar-refractivity contribution in [3.63, 3.8) is 0 Å². The van der Waals surface area contributed by atoms with E-state index in [2.05, 4.69) is 55.5 Å². The lowest BCUT2D eigenvalue weighted by Crippen LogP contribution is -2.26. The Balaban J connectivity index is 1.93. The average molecular weight is 234 g/mol. The van der Waals surface area contributed by atoms with Crippen LogP contribution in [0.1, 0.15) is 13.3 Å². The molecule has 1 aromatic carbocycles. The Morgan fingerprint density at radius 2 is 2.00 bits per heavy atom. The lowest BCUT2D eigenvalue weighted by molar-refractivity contribution is 0.183. The predicted octanol–water partition coefficient (Wildman–Crippen LogP) is 2.59. The molecule has 0 amide bonds. The number of nitrogens with zero attached hydrogens (tertiary/aromatic N) is 1. The van der Waals surface area contributed by atoms with E-state index in [1.807, 2.05) is 0 Å². The number of anilines is 2. The zero-order chi connectivity index (χ0) is 12.3. The number of hydrogen-bond acceptors (Lipinski definition) is 3. The molecule has 1 aliphatic rings. The number of rotatable bonds is 4. The molecule has 1 aliphatic heterocycles. The minimum Gasteiger partial charge on any atom is -0.382 e. The van der Waals surface area contributed by atoms with Gasteiger partial charge in [-0.2, -0.15) is 0 Å². The van der Waals surface area contributed by atoms with Crippen LogP contribution in [0.2, 0.25) is 0 Å². The molecule has 0 radical (unpaired) electrons. The van der Waals surface area contributed by atoms with Crippen LogP contribution in [0.25, 0.3) is 0 Å². The van der Waals surface area contributed by atoms with Gasteiger partial charge >= 0.3 is 0 Å². The second-order valence-electron chi connectivity index (χ2n) is 5.00. The van der Waals surface area contributed by atoms with Gasteiger partial charge in [0.25, 0.3) is 0 Å². The third kappa shape index (κ3) is 3.13. The molecule has 0 saturated carbocycles. The summed E-state index contributed by atoms with van der Waals surface area (Å²) in [5, 5.41) is 3.55. The Hall–Kier alpha value is -1.22. The second-order valence-corrected chi connectivity index (χ2v) is 5.00. The molecule has 0 aliphatic carbocycles. The molecule has 1 fully saturated rings. The maximum atomic E-state index is 5.42. The van der Waals surface area contributed by atoms with E-state index in [-0.39, 0.29) is 0 Å². The minimum absolute atomic E-state index is 0.475. The summed E-state index contributed by atoms with van der Waals surface area (Å²) in [6.45, 7) is 4.04. The van der Waals surface area contributed by atoms with Gasteiger partial charge in [-0.25, -0.2) is 0 Å². The van der Waals surface area contributed by atoms with Crippen LogP contribution in [0, 0.1) is 5.92 Å². The Morgan fingerprint density at radius 3 is 2.53 bits per heavy atom. The quantitative estimate of drug-likeness (QED) is 0.866. The van der Waals surface area contributed by atoms with Crippen LogP contribution >= 0.6 is 0 Å². The normalized spacial score (nSPS) is 21.2. The third-order valence-corrected chi connectivity index (χ3v) is 3.45. The average Bonchev–Trinajstić information content (AvgIpc) is 2.83. The van der Waals surface area contributed by atoms with Gasteiger partial charge in [0.1, 0.15) is 0 Å². The maximum absolute atomic E-state index is 5.42. The Bertz CT molecular complexity index is 342. The Labute approximate surface area is 104 Å². The van der Waals surface area contributed by atoms with E-state index < -0.39 is 0 Å². The highest BCUT2D eigenvalue weighted by Crippen LogP contribution is 2.21. The fraction of sp³-hybridized carbons (Fsp3) is 0.571. The Morgan fingerprint density at radius 1 is 1.29 bits per heavy atom. The van der Waals surface area contributed by atoms with Crippen LogP contribution in [0.15, 0.2) is 24.3 Å². The van der Waals surface area contributed by atoms with Crippen LogP contribution in [-0.4, -0.2) is 33.4 Å². The summed E-state index contributed by atoms with van der Waals surface area (Å²) in [4.78, 5) is 2.11. The second kappa shape index (κ2) is 5.41. The van der Waals surface area contributed by atoms with E-state index in [9.17, 15) is 0 Å². The minimum atomic E-state index is 0.475. The molecule has 0 spiro atoms. The maximum Gasteiger partial charge on any atom is 0.0514 e. The van der Waals surface area contributed by atoms with Gasteiger partial charge in [0.15, 0.2) is 0 Å². The molecule has 17 heavy (non-hydrogen) atoms. The highest BCUT2D eigenvalue weighted by Gasteiger charge is 2.21. The van der Waals surface area contributed by atoms with Crippen LogP contribution in [-0.2, 0) is 4.74 Å². The zero-order valence-corrected chi connectivity index (χ0v) is 10.9. The van der Waals surface area contributed by atoms with Crippen LogP contribution in [0.3, 0.4) is 0 Å². The van der Waals surface area contributed by atoms with Gasteiger partial charge in [-0.15, -0.1) is 0 Å². The molecule has 1 heterocycles. The molecular weight excluding hydrogens is 212 g/mol. The zero-order valence-electron chi connectivity index (χ0n) is 10.9. The van der Waals surface area contributed by atoms with Crippen molar-refractivity contribution in [2.75, 3.05) is 37.5 Å². The third-order valence-electron chi connectivity index (χ3n) is 3.45. The molecule has 0 bridgehead atoms. The van der Waals surface area contributed by atoms with Crippen molar-refractivity contribution in [3.8, 4) is 0 Å². The van der Waals surface area contributed by atoms with Crippen molar-refractivity contribution in [1.82, 2.24) is 0 Å². The molecule has 1 aromatic rings. The lowest BCUT2D eigenvalue weighted by atomic mass is 10.0. The van der Waals surface area contributed by atoms with Gasteiger partial charge in [0.05, 0.1) is 6.61 Å². The molecule has 1 N–H and O–H groups in total. The molecule has 94 valence electrons. The van der Waals surface area contributed by atoms with E-state index in [0.29, 0.717) is 12.0 Å². The number of benzene rings is 1. The summed E-state index contributed by atoms with van der Waals surface area (Å²) in [5.74, 6) is 0.642. The molecular formula is C14H22N2O. The topological polar surface area (TPSA) is 24.5 Å². The van der Waals surface area contributed by atoms with Crippen molar-refractivity contribution < 1.29 is 4.74 Å². The monoisotopic (exact) mass is 234 g/mol. The van der Waals surface area contributed by atoms with Gasteiger partial charge in [-0.05, 0) is 37.6 Å². The first-order valence-electron chi connectivity index (χ1n) is 6.28. The fourth-order valence-electron chi connectivity index (χ4n) is 2.18. The van der Waals surface area contributed by atoms with Gasteiger partial charge in [-0.3, -0.25) is 0 Å². The van der Waals surface area contributed by atoms with Crippen molar-refractivity contribution >= 4 is 11.4 Å². The summed E-state index contributed by atoms with van der Waals surface area (Å²) in [6, 6.07) is 9.03. The Kier molecular flexibility index (Phi) is 3.89. The lowest BCUT2D eigenvalue weighted by Gasteiger charge is -2.21. The van der Waals surface area contributed by atoms with E-state index >= 15 is 0 Å². The summed E-state index contributed by atoms with van der Waals surface area (Å²) in [6.07, 6.45) is 1.17. The molecule has 3 heteroatoms. The predicted molar refractivity (Wildman–Crippen MR) is 72.8 cm³/mol. The van der Waals surface area contributed by atoms with Gasteiger partial charge in [0.2, 0.25) is 0 Å². The van der Waals surface area contributed by atoms with E-state index in [1.54, 1.807) is 0 Å². The van der Waals surface area contributed by atoms with Crippen molar-refractivity contribution in [2.24, 2.45) is 5.92 Å². The highest BCUT2D eigenvalue weighted by atomic mass is 16.5. The number of nitrogens with one attached hydrogen (secondary N) is 1.